The first-order chi connectivity index (χ1) is 13.3. The van der Waals surface area contributed by atoms with Gasteiger partial charge in [0.2, 0.25) is 11.8 Å². The predicted octanol–water partition coefficient (Wildman–Crippen LogP) is 2.58. The van der Waals surface area contributed by atoms with Gasteiger partial charge in [-0.1, -0.05) is 29.8 Å². The predicted molar refractivity (Wildman–Crippen MR) is 108 cm³/mol. The molecule has 0 spiro atoms. The zero-order chi connectivity index (χ0) is 20.5. The molecule has 0 radical (unpaired) electrons. The standard InChI is InChI=1S/C20H22FN3O3S/c1-13-3-9-17(10-4-13)22-19(26)12-28-14(2)20(27)24-23-18(25)11-15-5-7-16(21)8-6-15/h3-10,14H,11-12H2,1-2H3,(H,22,26)(H,23,25)(H,24,27). The second kappa shape index (κ2) is 10.5. The van der Waals surface area contributed by atoms with E-state index >= 15 is 0 Å². The van der Waals surface area contributed by atoms with E-state index in [-0.39, 0.29) is 23.9 Å². The number of hydrazine groups is 1. The van der Waals surface area contributed by atoms with Crippen LogP contribution in [0.2, 0.25) is 0 Å². The van der Waals surface area contributed by atoms with E-state index < -0.39 is 17.1 Å². The van der Waals surface area contributed by atoms with E-state index in [0.29, 0.717) is 11.3 Å². The summed E-state index contributed by atoms with van der Waals surface area (Å²) in [4.78, 5) is 35.8. The molecule has 2 aromatic carbocycles. The van der Waals surface area contributed by atoms with Crippen LogP contribution in [0.25, 0.3) is 0 Å². The average Bonchev–Trinajstić information content (AvgIpc) is 2.67. The fraction of sp³-hybridized carbons (Fsp3) is 0.250. The maximum Gasteiger partial charge on any atom is 0.251 e. The summed E-state index contributed by atoms with van der Waals surface area (Å²) in [6.07, 6.45) is 0.0149. The van der Waals surface area contributed by atoms with Crippen LogP contribution in [-0.2, 0) is 20.8 Å². The maximum atomic E-state index is 12.8. The number of hydrogen-bond donors (Lipinski definition) is 3. The number of carbonyl (C=O) groups is 3. The highest BCUT2D eigenvalue weighted by molar-refractivity contribution is 8.01. The molecule has 1 atom stereocenters. The van der Waals surface area contributed by atoms with Crippen molar-refractivity contribution < 1.29 is 18.8 Å². The van der Waals surface area contributed by atoms with Gasteiger partial charge in [-0.25, -0.2) is 4.39 Å². The molecule has 0 saturated carbocycles. The first kappa shape index (κ1) is 21.4. The number of amides is 3. The van der Waals surface area contributed by atoms with Crippen molar-refractivity contribution in [2.45, 2.75) is 25.5 Å². The smallest absolute Gasteiger partial charge is 0.251 e. The molecule has 0 aliphatic carbocycles. The number of benzene rings is 2. The number of hydrogen-bond acceptors (Lipinski definition) is 4. The molecular formula is C20H22FN3O3S. The minimum absolute atomic E-state index is 0.0149. The Labute approximate surface area is 167 Å². The van der Waals surface area contributed by atoms with Gasteiger partial charge in [-0.3, -0.25) is 25.2 Å². The van der Waals surface area contributed by atoms with E-state index in [1.807, 2.05) is 31.2 Å². The molecule has 0 aliphatic heterocycles. The van der Waals surface area contributed by atoms with Crippen molar-refractivity contribution in [3.8, 4) is 0 Å². The summed E-state index contributed by atoms with van der Waals surface area (Å²) in [7, 11) is 0. The Kier molecular flexibility index (Phi) is 8.01. The summed E-state index contributed by atoms with van der Waals surface area (Å²) < 4.78 is 12.8. The number of carbonyl (C=O) groups excluding carboxylic acids is 3. The molecule has 3 amide bonds. The topological polar surface area (TPSA) is 87.3 Å². The zero-order valence-corrected chi connectivity index (χ0v) is 16.4. The summed E-state index contributed by atoms with van der Waals surface area (Å²) in [6.45, 7) is 3.60. The Hall–Kier alpha value is -2.87. The van der Waals surface area contributed by atoms with Crippen LogP contribution in [0.5, 0.6) is 0 Å². The van der Waals surface area contributed by atoms with Crippen molar-refractivity contribution in [2.75, 3.05) is 11.1 Å². The number of thioether (sulfide) groups is 1. The molecule has 8 heteroatoms. The van der Waals surface area contributed by atoms with Crippen molar-refractivity contribution >= 4 is 35.2 Å². The lowest BCUT2D eigenvalue weighted by molar-refractivity contribution is -0.128. The van der Waals surface area contributed by atoms with Crippen LogP contribution < -0.4 is 16.2 Å². The minimum Gasteiger partial charge on any atom is -0.325 e. The molecule has 0 bridgehead atoms. The normalized spacial score (nSPS) is 11.4. The van der Waals surface area contributed by atoms with Crippen molar-refractivity contribution in [2.24, 2.45) is 0 Å². The first-order valence-electron chi connectivity index (χ1n) is 8.65. The summed E-state index contributed by atoms with van der Waals surface area (Å²) in [5, 5.41) is 2.22. The summed E-state index contributed by atoms with van der Waals surface area (Å²) >= 11 is 1.16. The van der Waals surface area contributed by atoms with Gasteiger partial charge in [0, 0.05) is 5.69 Å². The number of rotatable bonds is 7. The van der Waals surface area contributed by atoms with Gasteiger partial charge in [0.15, 0.2) is 0 Å². The second-order valence-corrected chi connectivity index (χ2v) is 7.54. The second-order valence-electron chi connectivity index (χ2n) is 6.21. The third-order valence-corrected chi connectivity index (χ3v) is 4.91. The van der Waals surface area contributed by atoms with Crippen molar-refractivity contribution in [3.63, 3.8) is 0 Å². The largest absolute Gasteiger partial charge is 0.325 e. The Bertz CT molecular complexity index is 826. The SMILES string of the molecule is Cc1ccc(NC(=O)CSC(C)C(=O)NNC(=O)Cc2ccc(F)cc2)cc1. The summed E-state index contributed by atoms with van der Waals surface area (Å²) in [5.74, 6) is -1.33. The Morgan fingerprint density at radius 2 is 1.61 bits per heavy atom. The van der Waals surface area contributed by atoms with E-state index in [1.54, 1.807) is 6.92 Å². The molecule has 3 N–H and O–H groups in total. The van der Waals surface area contributed by atoms with E-state index in [2.05, 4.69) is 16.2 Å². The summed E-state index contributed by atoms with van der Waals surface area (Å²) in [5.41, 5.74) is 7.06. The highest BCUT2D eigenvalue weighted by Crippen LogP contribution is 2.13. The van der Waals surface area contributed by atoms with Gasteiger partial charge in [0.05, 0.1) is 17.4 Å². The first-order valence-corrected chi connectivity index (χ1v) is 9.69. The Balaban J connectivity index is 1.68. The highest BCUT2D eigenvalue weighted by Gasteiger charge is 2.16. The molecule has 6 nitrogen and oxygen atoms in total. The van der Waals surface area contributed by atoms with Crippen LogP contribution in [0.3, 0.4) is 0 Å². The van der Waals surface area contributed by atoms with Gasteiger partial charge in [-0.05, 0) is 43.7 Å². The van der Waals surface area contributed by atoms with Gasteiger partial charge in [0.1, 0.15) is 5.82 Å². The van der Waals surface area contributed by atoms with Crippen LogP contribution in [0.4, 0.5) is 10.1 Å². The molecule has 0 aliphatic rings. The van der Waals surface area contributed by atoms with Crippen LogP contribution in [-0.4, -0.2) is 28.7 Å². The fourth-order valence-electron chi connectivity index (χ4n) is 2.18. The Morgan fingerprint density at radius 1 is 0.964 bits per heavy atom. The van der Waals surface area contributed by atoms with Gasteiger partial charge < -0.3 is 5.32 Å². The molecule has 0 heterocycles. The zero-order valence-electron chi connectivity index (χ0n) is 15.6. The molecule has 0 aromatic heterocycles. The van der Waals surface area contributed by atoms with Crippen molar-refractivity contribution in [1.82, 2.24) is 10.9 Å². The van der Waals surface area contributed by atoms with Gasteiger partial charge in [-0.15, -0.1) is 11.8 Å². The molecule has 148 valence electrons. The quantitative estimate of drug-likeness (QED) is 0.620. The van der Waals surface area contributed by atoms with Gasteiger partial charge in [-0.2, -0.15) is 0 Å². The fourth-order valence-corrected chi connectivity index (χ4v) is 2.86. The van der Waals surface area contributed by atoms with Crippen LogP contribution in [0, 0.1) is 12.7 Å². The third-order valence-electron chi connectivity index (χ3n) is 3.77. The van der Waals surface area contributed by atoms with Crippen LogP contribution in [0.15, 0.2) is 48.5 Å². The average molecular weight is 403 g/mol. The lowest BCUT2D eigenvalue weighted by Gasteiger charge is -2.13. The third kappa shape index (κ3) is 7.40. The monoisotopic (exact) mass is 403 g/mol. The van der Waals surface area contributed by atoms with Crippen molar-refractivity contribution in [1.29, 1.82) is 0 Å². The molecule has 2 aromatic rings. The molecule has 2 rings (SSSR count). The van der Waals surface area contributed by atoms with E-state index in [4.69, 9.17) is 0 Å². The van der Waals surface area contributed by atoms with Crippen molar-refractivity contribution in [3.05, 3.63) is 65.5 Å². The Morgan fingerprint density at radius 3 is 2.25 bits per heavy atom. The lowest BCUT2D eigenvalue weighted by atomic mass is 10.1. The summed E-state index contributed by atoms with van der Waals surface area (Å²) in [6, 6.07) is 12.9. The number of aryl methyl sites for hydroxylation is 1. The molecule has 1 unspecified atom stereocenters. The molecular weight excluding hydrogens is 381 g/mol. The molecule has 28 heavy (non-hydrogen) atoms. The van der Waals surface area contributed by atoms with E-state index in [0.717, 1.165) is 17.3 Å². The number of anilines is 1. The van der Waals surface area contributed by atoms with Crippen LogP contribution >= 0.6 is 11.8 Å². The van der Waals surface area contributed by atoms with Gasteiger partial charge in [0.25, 0.3) is 5.91 Å². The van der Waals surface area contributed by atoms with Gasteiger partial charge >= 0.3 is 0 Å². The highest BCUT2D eigenvalue weighted by atomic mass is 32.2. The lowest BCUT2D eigenvalue weighted by Crippen LogP contribution is -2.45. The maximum absolute atomic E-state index is 12.8. The minimum atomic E-state index is -0.533. The van der Waals surface area contributed by atoms with E-state index in [9.17, 15) is 18.8 Å². The number of nitrogens with one attached hydrogen (secondary N) is 3. The molecule has 0 fully saturated rings. The molecule has 0 saturated heterocycles. The van der Waals surface area contributed by atoms with Crippen LogP contribution in [0.1, 0.15) is 18.1 Å². The van der Waals surface area contributed by atoms with E-state index in [1.165, 1.54) is 24.3 Å². The number of halogens is 1.